The monoisotopic (exact) mass is 1910 g/mol. The van der Waals surface area contributed by atoms with Gasteiger partial charge in [-0.15, -0.1) is 11.8 Å². The molecular formula is C93H119F3N18O21S. The molecule has 0 radical (unpaired) electrons. The number of amides is 16. The van der Waals surface area contributed by atoms with Crippen LogP contribution >= 0.6 is 11.8 Å². The second-order valence-electron chi connectivity index (χ2n) is 34.5. The summed E-state index contributed by atoms with van der Waals surface area (Å²) in [7, 11) is 3.56. The summed E-state index contributed by atoms with van der Waals surface area (Å²) < 4.78 is 45.1. The Labute approximate surface area is 786 Å². The Hall–Kier alpha value is -13.6. The molecule has 3 aliphatic heterocycles. The summed E-state index contributed by atoms with van der Waals surface area (Å²) in [5, 5.41) is 67.3. The molecule has 0 saturated carbocycles. The number of carboxylic acids is 1. The van der Waals surface area contributed by atoms with Crippen molar-refractivity contribution < 1.29 is 115 Å². The molecule has 1 aromatic heterocycles. The van der Waals surface area contributed by atoms with E-state index in [1.807, 2.05) is 0 Å². The lowest BCUT2D eigenvalue weighted by molar-refractivity contribution is -0.152. The standard InChI is InChI=1S/C93H119F3N18O21S/c1-7-8-26-70-92(134)114-47-58(117)42-73(114)88(130)107-67(43-78(121)122)85(127)109-80(50(2)3)93(135)111(5)71(38-51-19-11-9-12-20-51)86(128)104-64(31-32-75(98)118)90(132)113-46-57(116)41-72(113)87(129)106-66(40-55-44-100-62-24-16-15-23-59(55)62)84(126)105-65(36-53-27-29-56(115)30-28-53)83(125)103-63(25-17-18-33-97)82(124)108-69(81(123)101-45-76(99)119)48-136-49-77(120)102-68(37-54-34-60(94)79(96)61(95)35-54)89(131)112(6)74(91(133)110(70)4)39-52-21-13-10-14-22-52/h9-16,19-24,27-30,34-35,44,50,57-58,63-74,80,100,115-117H,7-8,17-18,25-26,31-33,36-43,45-49,97H2,1-6H3,(H2,98,118)(H2,99,119)(H,101,123)(H,102,120)(H,103,125)(H,104,128)(H,105,126)(H,106,129)(H,107,130)(H,108,124)(H,109,127)(H,121,122)/t57-,58-,63+,64-,65+,66+,67+,68+,69+,70+,71-,72-,73-,74+,80+/m1/s1. The fourth-order valence-corrected chi connectivity index (χ4v) is 17.4. The van der Waals surface area contributed by atoms with Crippen molar-refractivity contribution in [1.82, 2.24) is 77.3 Å². The number of primary amides is 2. The van der Waals surface area contributed by atoms with E-state index in [4.69, 9.17) is 17.2 Å². The van der Waals surface area contributed by atoms with Gasteiger partial charge in [0.05, 0.1) is 30.9 Å². The lowest BCUT2D eigenvalue weighted by atomic mass is 9.98. The fourth-order valence-electron chi connectivity index (χ4n) is 16.5. The molecule has 0 bridgehead atoms. The molecule has 6 aromatic rings. The molecule has 16 amide bonds. The number of hydrogen-bond acceptors (Lipinski definition) is 22. The number of carboxylic acid groups (broad SMARTS) is 1. The van der Waals surface area contributed by atoms with Gasteiger partial charge in [0.2, 0.25) is 94.5 Å². The Morgan fingerprint density at radius 3 is 1.60 bits per heavy atom. The van der Waals surface area contributed by atoms with E-state index >= 15 is 56.7 Å². The summed E-state index contributed by atoms with van der Waals surface area (Å²) in [5.41, 5.74) is 18.8. The van der Waals surface area contributed by atoms with E-state index in [1.165, 1.54) is 52.2 Å². The van der Waals surface area contributed by atoms with E-state index in [2.05, 4.69) is 52.8 Å². The summed E-state index contributed by atoms with van der Waals surface area (Å²) in [4.78, 5) is 258. The zero-order valence-electron chi connectivity index (χ0n) is 76.2. The van der Waals surface area contributed by atoms with Gasteiger partial charge < -0.3 is 115 Å². The maximum atomic E-state index is 15.7. The molecule has 734 valence electrons. The number of nitrogens with one attached hydrogen (secondary N) is 10. The van der Waals surface area contributed by atoms with Crippen molar-refractivity contribution in [2.75, 3.05) is 58.8 Å². The minimum absolute atomic E-state index is 0.0726. The van der Waals surface area contributed by atoms with Gasteiger partial charge in [0.25, 0.3) is 0 Å². The van der Waals surface area contributed by atoms with Crippen molar-refractivity contribution in [3.05, 3.63) is 173 Å². The number of benzene rings is 5. The number of aliphatic carboxylic acids is 1. The second kappa shape index (κ2) is 50.1. The Morgan fingerprint density at radius 2 is 1.02 bits per heavy atom. The largest absolute Gasteiger partial charge is 0.508 e. The summed E-state index contributed by atoms with van der Waals surface area (Å²) >= 11 is 0.635. The summed E-state index contributed by atoms with van der Waals surface area (Å²) in [6.07, 6.45) is -6.39. The van der Waals surface area contributed by atoms with Gasteiger partial charge in [0.15, 0.2) is 17.5 Å². The lowest BCUT2D eigenvalue weighted by Crippen LogP contribution is -2.62. The van der Waals surface area contributed by atoms with Gasteiger partial charge in [0, 0.05) is 108 Å². The smallest absolute Gasteiger partial charge is 0.305 e. The highest BCUT2D eigenvalue weighted by molar-refractivity contribution is 8.00. The number of aromatic nitrogens is 1. The highest BCUT2D eigenvalue weighted by atomic mass is 32.2. The van der Waals surface area contributed by atoms with E-state index < -0.39 is 296 Å². The number of halogens is 3. The van der Waals surface area contributed by atoms with E-state index in [0.29, 0.717) is 63.5 Å². The number of H-pyrrole nitrogens is 1. The maximum absolute atomic E-state index is 15.7. The van der Waals surface area contributed by atoms with E-state index in [1.54, 1.807) is 98.0 Å². The van der Waals surface area contributed by atoms with Crippen LogP contribution < -0.4 is 65.1 Å². The van der Waals surface area contributed by atoms with Crippen LogP contribution in [0.4, 0.5) is 13.2 Å². The van der Waals surface area contributed by atoms with Gasteiger partial charge in [-0.05, 0) is 103 Å². The molecule has 5 aromatic carbocycles. The van der Waals surface area contributed by atoms with Crippen molar-refractivity contribution in [3.63, 3.8) is 0 Å². The number of nitrogens with two attached hydrogens (primary N) is 3. The number of unbranched alkanes of at least 4 members (excludes halogenated alkanes) is 2. The van der Waals surface area contributed by atoms with Crippen LogP contribution in [0.15, 0.2) is 128 Å². The van der Waals surface area contributed by atoms with Gasteiger partial charge in [-0.25, -0.2) is 13.2 Å². The summed E-state index contributed by atoms with van der Waals surface area (Å²) in [6.45, 7) is 2.84. The van der Waals surface area contributed by atoms with E-state index in [0.717, 1.165) is 31.5 Å². The third kappa shape index (κ3) is 29.5. The average molecular weight is 1910 g/mol. The highest BCUT2D eigenvalue weighted by Gasteiger charge is 2.48. The average Bonchev–Trinajstić information content (AvgIpc) is 1.60. The first kappa shape index (κ1) is 106. The number of para-hydroxylation sites is 1. The molecule has 4 heterocycles. The van der Waals surface area contributed by atoms with Gasteiger partial charge in [-0.2, -0.15) is 0 Å². The number of aliphatic hydroxyl groups is 2. The van der Waals surface area contributed by atoms with Crippen LogP contribution in [0.25, 0.3) is 10.9 Å². The van der Waals surface area contributed by atoms with Crippen molar-refractivity contribution >= 4 is 123 Å². The van der Waals surface area contributed by atoms with E-state index in [-0.39, 0.29) is 63.7 Å². The molecule has 43 heteroatoms. The topological polar surface area (TPSA) is 589 Å². The predicted octanol–water partition coefficient (Wildman–Crippen LogP) is -0.849. The zero-order valence-corrected chi connectivity index (χ0v) is 77.0. The third-order valence-electron chi connectivity index (χ3n) is 24.0. The number of fused-ring (bicyclic) bond motifs is 3. The van der Waals surface area contributed by atoms with Gasteiger partial charge in [0.1, 0.15) is 84.3 Å². The maximum Gasteiger partial charge on any atom is 0.305 e. The first-order chi connectivity index (χ1) is 64.6. The Balaban J connectivity index is 1.15. The normalized spacial score (nSPS) is 24.4. The van der Waals surface area contributed by atoms with E-state index in [9.17, 15) is 58.4 Å². The molecule has 0 unspecified atom stereocenters. The number of phenols is 1. The number of carbonyl (C=O) groups excluding carboxylic acids is 16. The molecule has 39 nitrogen and oxygen atoms in total. The number of aromatic amines is 1. The molecule has 0 aliphatic carbocycles. The molecule has 3 aliphatic rings. The summed E-state index contributed by atoms with van der Waals surface area (Å²) in [6, 6.07) is 6.97. The Morgan fingerprint density at radius 1 is 0.507 bits per heavy atom. The quantitative estimate of drug-likeness (QED) is 0.0232. The number of nitrogens with zero attached hydrogens (tertiary/aromatic N) is 5. The molecule has 3 fully saturated rings. The molecule has 20 N–H and O–H groups in total. The highest BCUT2D eigenvalue weighted by Crippen LogP contribution is 2.29. The molecule has 9 rings (SSSR count). The van der Waals surface area contributed by atoms with Gasteiger partial charge in [-0.3, -0.25) is 81.5 Å². The van der Waals surface area contributed by atoms with Crippen LogP contribution in [0.5, 0.6) is 5.75 Å². The second-order valence-corrected chi connectivity index (χ2v) is 35.6. The van der Waals surface area contributed by atoms with Crippen LogP contribution in [0.1, 0.15) is 119 Å². The van der Waals surface area contributed by atoms with Gasteiger partial charge in [-0.1, -0.05) is 125 Å². The van der Waals surface area contributed by atoms with Crippen LogP contribution in [-0.2, 0) is 114 Å². The molecule has 3 saturated heterocycles. The SMILES string of the molecule is CCCC[C@H]1C(=O)N2C[C@H](O)C[C@@H]2C(=O)N[C@@H](CC(=O)O)C(=O)N[C@@H](C(C)C)C(=O)N(C)[C@H](Cc2ccccc2)C(=O)N[C@H](CCC(N)=O)C(=O)N2C[C@H](O)C[C@@H]2C(=O)N[C@@H](Cc2c[nH]c3ccccc23)C(=O)N[C@@H](Cc2ccc(O)cc2)C(=O)N[C@@H](CCCCN)C(=O)N[C@H](C(=O)NCC(N)=O)CSCC(=O)N[C@@H](Cc2cc(F)c(F)c(F)c2)C(=O)N(C)[C@@H](Cc2ccccc2)C(=O)N1C. The number of rotatable bonds is 26. The van der Waals surface area contributed by atoms with Crippen LogP contribution in [0.2, 0.25) is 0 Å². The molecule has 0 spiro atoms. The van der Waals surface area contributed by atoms with Crippen molar-refractivity contribution in [2.24, 2.45) is 23.1 Å². The number of hydrogen-bond donors (Lipinski definition) is 17. The number of phenolic OH excluding ortho intramolecular Hbond substituents is 1. The number of carbonyl (C=O) groups is 17. The molecule has 15 atom stereocenters. The lowest BCUT2D eigenvalue weighted by Gasteiger charge is -2.38. The van der Waals surface area contributed by atoms with Crippen LogP contribution in [0, 0.1) is 23.4 Å². The summed E-state index contributed by atoms with van der Waals surface area (Å²) in [5.74, 6) is -26.4. The van der Waals surface area contributed by atoms with Crippen molar-refractivity contribution in [3.8, 4) is 5.75 Å². The van der Waals surface area contributed by atoms with Crippen molar-refractivity contribution in [2.45, 2.75) is 214 Å². The minimum Gasteiger partial charge on any atom is -0.508 e. The number of thioether (sulfide) groups is 1. The van der Waals surface area contributed by atoms with Crippen LogP contribution in [0.3, 0.4) is 0 Å². The Kier molecular flexibility index (Phi) is 39.1. The van der Waals surface area contributed by atoms with Crippen molar-refractivity contribution in [1.29, 1.82) is 0 Å². The minimum atomic E-state index is -2.07. The first-order valence-corrected chi connectivity index (χ1v) is 45.9. The third-order valence-corrected chi connectivity index (χ3v) is 25.0. The molecule has 136 heavy (non-hydrogen) atoms. The number of likely N-dealkylation sites (N-methyl/N-ethyl adjacent to an activating group) is 3. The Bertz CT molecular complexity index is 5280. The van der Waals surface area contributed by atoms with Gasteiger partial charge >= 0.3 is 5.97 Å². The number of aromatic hydroxyl groups is 1. The fraction of sp³-hybridized carbons (Fsp3) is 0.473. The predicted molar refractivity (Wildman–Crippen MR) is 489 cm³/mol. The van der Waals surface area contributed by atoms with Crippen LogP contribution in [-0.4, -0.2) is 300 Å². The first-order valence-electron chi connectivity index (χ1n) is 44.7. The number of aliphatic hydroxyl groups excluding tert-OH is 2. The molecular weight excluding hydrogens is 1790 g/mol. The zero-order chi connectivity index (χ0) is 99.5.